The smallest absolute Gasteiger partial charge is 0.176 e. The molecule has 1 N–H and O–H groups in total. The van der Waals surface area contributed by atoms with Crippen molar-refractivity contribution in [2.24, 2.45) is 0 Å². The molecule has 1 heterocycles. The highest BCUT2D eigenvalue weighted by atomic mass is 32.2. The van der Waals surface area contributed by atoms with Gasteiger partial charge >= 0.3 is 0 Å². The summed E-state index contributed by atoms with van der Waals surface area (Å²) < 4.78 is 45.2. The second-order valence-corrected chi connectivity index (χ2v) is 10.9. The normalized spacial score (nSPS) is 16.4. The van der Waals surface area contributed by atoms with Crippen LogP contribution in [0.5, 0.6) is 23.0 Å². The third-order valence-corrected chi connectivity index (χ3v) is 8.09. The maximum Gasteiger partial charge on any atom is 0.176 e. The largest absolute Gasteiger partial charge is 0.493 e. The van der Waals surface area contributed by atoms with Crippen LogP contribution >= 0.6 is 0 Å². The maximum atomic E-state index is 13.1. The van der Waals surface area contributed by atoms with Crippen LogP contribution in [0.4, 0.5) is 0 Å². The first-order chi connectivity index (χ1) is 17.7. The van der Waals surface area contributed by atoms with Gasteiger partial charge in [0.1, 0.15) is 0 Å². The monoisotopic (exact) mass is 534 g/mol. The number of Topliss-reactive ketones (excluding diaryl/α,β-unsaturated/α-hetero) is 2. The second-order valence-electron chi connectivity index (χ2n) is 8.69. The number of nitrogens with one attached hydrogen (secondary N) is 1. The summed E-state index contributed by atoms with van der Waals surface area (Å²) in [6.45, 7) is 0.921. The molecule has 3 rings (SSSR count). The van der Waals surface area contributed by atoms with Crippen LogP contribution in [0.3, 0.4) is 0 Å². The maximum absolute atomic E-state index is 13.1. The standard InChI is InChI=1S/C26H34N2O8S/c1-33-23-7-5-18(13-25(23)35-3)21(29)15-27-10-11-28(20-9-12-37(31,32)17-20)16-22(30)19-6-8-24(34-2)26(14-19)36-4/h5-8,13-14,20,27H,9-12,15-17H2,1-4H3/t20-/m1/s1. The predicted molar refractivity (Wildman–Crippen MR) is 139 cm³/mol. The summed E-state index contributed by atoms with van der Waals surface area (Å²) in [4.78, 5) is 27.6. The summed E-state index contributed by atoms with van der Waals surface area (Å²) in [5.74, 6) is 1.79. The minimum atomic E-state index is -3.14. The fourth-order valence-electron chi connectivity index (χ4n) is 4.28. The molecule has 0 spiro atoms. The number of rotatable bonds is 14. The topological polar surface area (TPSA) is 120 Å². The number of ether oxygens (including phenoxy) is 4. The Balaban J connectivity index is 1.63. The highest BCUT2D eigenvalue weighted by Gasteiger charge is 2.33. The Kier molecular flexibility index (Phi) is 9.90. The lowest BCUT2D eigenvalue weighted by atomic mass is 10.1. The van der Waals surface area contributed by atoms with E-state index in [-0.39, 0.29) is 42.2 Å². The van der Waals surface area contributed by atoms with Gasteiger partial charge in [-0.2, -0.15) is 0 Å². The fourth-order valence-corrected chi connectivity index (χ4v) is 6.04. The quantitative estimate of drug-likeness (QED) is 0.284. The first kappa shape index (κ1) is 28.4. The van der Waals surface area contributed by atoms with Crippen LogP contribution in [-0.4, -0.2) is 97.0 Å². The van der Waals surface area contributed by atoms with Gasteiger partial charge in [-0.05, 0) is 42.8 Å². The van der Waals surface area contributed by atoms with Crippen LogP contribution in [0.25, 0.3) is 0 Å². The van der Waals surface area contributed by atoms with E-state index < -0.39 is 9.84 Å². The number of carbonyl (C=O) groups excluding carboxylic acids is 2. The molecule has 2 aromatic rings. The molecule has 11 heteroatoms. The van der Waals surface area contributed by atoms with Gasteiger partial charge in [-0.25, -0.2) is 8.42 Å². The Hall–Kier alpha value is -3.15. The predicted octanol–water partition coefficient (Wildman–Crippen LogP) is 1.87. The van der Waals surface area contributed by atoms with Crippen molar-refractivity contribution in [2.75, 3.05) is 66.1 Å². The molecule has 0 aliphatic carbocycles. The lowest BCUT2D eigenvalue weighted by Gasteiger charge is -2.27. The SMILES string of the molecule is COc1ccc(C(=O)CNCCN(CC(=O)c2ccc(OC)c(OC)c2)[C@@H]2CCS(=O)(=O)C2)cc1OC. The summed E-state index contributed by atoms with van der Waals surface area (Å²) >= 11 is 0. The molecule has 0 radical (unpaired) electrons. The number of carbonyl (C=O) groups is 2. The van der Waals surface area contributed by atoms with Crippen LogP contribution in [0, 0.1) is 0 Å². The van der Waals surface area contributed by atoms with E-state index in [9.17, 15) is 18.0 Å². The minimum Gasteiger partial charge on any atom is -0.493 e. The molecule has 0 bridgehead atoms. The van der Waals surface area contributed by atoms with Gasteiger partial charge in [0.2, 0.25) is 0 Å². The minimum absolute atomic E-state index is 0.0107. The zero-order valence-electron chi connectivity index (χ0n) is 21.6. The molecule has 0 saturated carbocycles. The average molecular weight is 535 g/mol. The van der Waals surface area contributed by atoms with Crippen molar-refractivity contribution >= 4 is 21.4 Å². The van der Waals surface area contributed by atoms with Crippen molar-refractivity contribution in [1.29, 1.82) is 0 Å². The Morgan fingerprint density at radius 3 is 1.89 bits per heavy atom. The Bertz CT molecular complexity index is 1220. The second kappa shape index (κ2) is 12.9. The zero-order chi connectivity index (χ0) is 27.0. The third-order valence-electron chi connectivity index (χ3n) is 6.34. The number of methoxy groups -OCH3 is 4. The molecule has 2 aromatic carbocycles. The van der Waals surface area contributed by atoms with Gasteiger partial charge in [0.05, 0.1) is 53.0 Å². The van der Waals surface area contributed by atoms with Crippen molar-refractivity contribution in [3.8, 4) is 23.0 Å². The molecule has 0 aromatic heterocycles. The van der Waals surface area contributed by atoms with Crippen molar-refractivity contribution in [3.05, 3.63) is 47.5 Å². The van der Waals surface area contributed by atoms with Crippen molar-refractivity contribution in [3.63, 3.8) is 0 Å². The van der Waals surface area contributed by atoms with Crippen molar-refractivity contribution in [2.45, 2.75) is 12.5 Å². The van der Waals surface area contributed by atoms with Gasteiger partial charge in [0.25, 0.3) is 0 Å². The zero-order valence-corrected chi connectivity index (χ0v) is 22.4. The number of sulfone groups is 1. The van der Waals surface area contributed by atoms with Gasteiger partial charge in [0, 0.05) is 30.3 Å². The van der Waals surface area contributed by atoms with Crippen LogP contribution in [-0.2, 0) is 9.84 Å². The molecule has 1 aliphatic rings. The first-order valence-electron chi connectivity index (χ1n) is 11.9. The molecular formula is C26H34N2O8S. The van der Waals surface area contributed by atoms with Crippen molar-refractivity contribution in [1.82, 2.24) is 10.2 Å². The number of hydrogen-bond donors (Lipinski definition) is 1. The van der Waals surface area contributed by atoms with E-state index in [0.29, 0.717) is 53.6 Å². The summed E-state index contributed by atoms with van der Waals surface area (Å²) in [5.41, 5.74) is 0.924. The Morgan fingerprint density at radius 2 is 1.41 bits per heavy atom. The lowest BCUT2D eigenvalue weighted by molar-refractivity contribution is 0.0896. The van der Waals surface area contributed by atoms with E-state index in [2.05, 4.69) is 5.32 Å². The fraction of sp³-hybridized carbons (Fsp3) is 0.462. The van der Waals surface area contributed by atoms with E-state index in [1.807, 2.05) is 4.90 Å². The average Bonchev–Trinajstić information content (AvgIpc) is 3.28. The highest BCUT2D eigenvalue weighted by Crippen LogP contribution is 2.29. The van der Waals surface area contributed by atoms with Crippen LogP contribution in [0.1, 0.15) is 27.1 Å². The molecule has 0 unspecified atom stereocenters. The van der Waals surface area contributed by atoms with E-state index in [1.54, 1.807) is 36.4 Å². The van der Waals surface area contributed by atoms with Crippen LogP contribution in [0.2, 0.25) is 0 Å². The number of ketones is 2. The summed E-state index contributed by atoms with van der Waals surface area (Å²) in [6, 6.07) is 9.64. The summed E-state index contributed by atoms with van der Waals surface area (Å²) in [7, 11) is 2.91. The first-order valence-corrected chi connectivity index (χ1v) is 13.7. The molecule has 0 amide bonds. The van der Waals surface area contributed by atoms with Gasteiger partial charge in [-0.3, -0.25) is 14.5 Å². The summed E-state index contributed by atoms with van der Waals surface area (Å²) in [5, 5.41) is 3.11. The van der Waals surface area contributed by atoms with Gasteiger partial charge in [-0.15, -0.1) is 0 Å². The molecule has 10 nitrogen and oxygen atoms in total. The molecule has 37 heavy (non-hydrogen) atoms. The number of benzene rings is 2. The van der Waals surface area contributed by atoms with Gasteiger partial charge < -0.3 is 24.3 Å². The van der Waals surface area contributed by atoms with E-state index >= 15 is 0 Å². The third kappa shape index (κ3) is 7.43. The van der Waals surface area contributed by atoms with E-state index in [1.165, 1.54) is 28.4 Å². The highest BCUT2D eigenvalue weighted by molar-refractivity contribution is 7.91. The molecule has 1 saturated heterocycles. The van der Waals surface area contributed by atoms with E-state index in [4.69, 9.17) is 18.9 Å². The summed E-state index contributed by atoms with van der Waals surface area (Å²) in [6.07, 6.45) is 0.464. The van der Waals surface area contributed by atoms with Crippen LogP contribution in [0.15, 0.2) is 36.4 Å². The molecule has 1 atom stereocenters. The molecular weight excluding hydrogens is 500 g/mol. The van der Waals surface area contributed by atoms with Gasteiger partial charge in [-0.1, -0.05) is 0 Å². The number of nitrogens with zero attached hydrogens (tertiary/aromatic N) is 1. The van der Waals surface area contributed by atoms with E-state index in [0.717, 1.165) is 0 Å². The van der Waals surface area contributed by atoms with Gasteiger partial charge in [0.15, 0.2) is 44.4 Å². The van der Waals surface area contributed by atoms with Crippen molar-refractivity contribution < 1.29 is 37.0 Å². The number of hydrogen-bond acceptors (Lipinski definition) is 10. The molecule has 202 valence electrons. The van der Waals surface area contributed by atoms with Crippen LogP contribution < -0.4 is 24.3 Å². The Morgan fingerprint density at radius 1 is 0.865 bits per heavy atom. The Labute approximate surface area is 217 Å². The lowest BCUT2D eigenvalue weighted by Crippen LogP contribution is -2.44. The molecule has 1 fully saturated rings. The molecule has 1 aliphatic heterocycles.